The molecule has 1 amide bonds. The molecular formula is C13H19N5O. The average molecular weight is 261 g/mol. The van der Waals surface area contributed by atoms with Crippen molar-refractivity contribution >= 4 is 5.91 Å². The minimum absolute atomic E-state index is 0.168. The van der Waals surface area contributed by atoms with Crippen molar-refractivity contribution in [1.82, 2.24) is 15.5 Å². The number of nitriles is 2. The van der Waals surface area contributed by atoms with Crippen molar-refractivity contribution < 1.29 is 4.79 Å². The number of nitrogens with zero attached hydrogens (tertiary/aromatic N) is 3. The first-order chi connectivity index (χ1) is 9.09. The van der Waals surface area contributed by atoms with Crippen LogP contribution in [0.5, 0.6) is 0 Å². The molecule has 2 rings (SSSR count). The van der Waals surface area contributed by atoms with Gasteiger partial charge in [0.05, 0.1) is 18.7 Å². The Hall–Kier alpha value is -1.63. The summed E-state index contributed by atoms with van der Waals surface area (Å²) in [6.07, 6.45) is 2.00. The van der Waals surface area contributed by atoms with Gasteiger partial charge in [-0.05, 0) is 25.7 Å². The second kappa shape index (κ2) is 5.56. The Morgan fingerprint density at radius 3 is 2.84 bits per heavy atom. The Labute approximate surface area is 113 Å². The van der Waals surface area contributed by atoms with E-state index in [0.717, 1.165) is 19.4 Å². The van der Waals surface area contributed by atoms with Gasteiger partial charge in [0.15, 0.2) is 0 Å². The second-order valence-electron chi connectivity index (χ2n) is 5.46. The van der Waals surface area contributed by atoms with E-state index in [4.69, 9.17) is 5.26 Å². The van der Waals surface area contributed by atoms with Crippen LogP contribution in [0.2, 0.25) is 0 Å². The Kier molecular flexibility index (Phi) is 4.04. The molecule has 102 valence electrons. The fraction of sp³-hybridized carbons (Fsp3) is 0.769. The molecule has 1 aliphatic heterocycles. The third-order valence-corrected chi connectivity index (χ3v) is 3.88. The predicted molar refractivity (Wildman–Crippen MR) is 68.7 cm³/mol. The molecule has 0 spiro atoms. The molecular weight excluding hydrogens is 242 g/mol. The van der Waals surface area contributed by atoms with E-state index >= 15 is 0 Å². The lowest BCUT2D eigenvalue weighted by atomic mass is 9.98. The van der Waals surface area contributed by atoms with Gasteiger partial charge < -0.3 is 10.6 Å². The average Bonchev–Trinajstić information content (AvgIpc) is 3.23. The minimum Gasteiger partial charge on any atom is -0.337 e. The maximum absolute atomic E-state index is 12.0. The van der Waals surface area contributed by atoms with Crippen LogP contribution in [0.3, 0.4) is 0 Å². The molecule has 0 aromatic carbocycles. The van der Waals surface area contributed by atoms with Gasteiger partial charge in [0.1, 0.15) is 11.6 Å². The van der Waals surface area contributed by atoms with E-state index in [-0.39, 0.29) is 24.4 Å². The third kappa shape index (κ3) is 3.23. The number of nitrogens with one attached hydrogen (secondary N) is 2. The molecule has 6 heteroatoms. The topological polar surface area (TPSA) is 91.9 Å². The SMILES string of the molecule is CC(C#N)(NC(=O)CN1CCNCC1C#N)C1CC1. The standard InChI is InChI=1S/C13H19N5O/c1-13(9-15,10-2-3-10)17-12(19)8-18-5-4-16-7-11(18)6-14/h10-11,16H,2-5,7-8H2,1H3,(H,17,19). The third-order valence-electron chi connectivity index (χ3n) is 3.88. The van der Waals surface area contributed by atoms with Crippen LogP contribution in [-0.2, 0) is 4.79 Å². The summed E-state index contributed by atoms with van der Waals surface area (Å²) < 4.78 is 0. The molecule has 1 saturated heterocycles. The zero-order valence-corrected chi connectivity index (χ0v) is 11.1. The van der Waals surface area contributed by atoms with Crippen LogP contribution in [0.1, 0.15) is 19.8 Å². The van der Waals surface area contributed by atoms with Gasteiger partial charge in [0.25, 0.3) is 0 Å². The van der Waals surface area contributed by atoms with Crippen LogP contribution in [0, 0.1) is 28.6 Å². The summed E-state index contributed by atoms with van der Waals surface area (Å²) in [5, 5.41) is 24.2. The summed E-state index contributed by atoms with van der Waals surface area (Å²) in [4.78, 5) is 13.9. The molecule has 2 atom stereocenters. The Bertz CT molecular complexity index is 433. The van der Waals surface area contributed by atoms with Crippen molar-refractivity contribution in [3.8, 4) is 12.1 Å². The molecule has 6 nitrogen and oxygen atoms in total. The predicted octanol–water partition coefficient (Wildman–Crippen LogP) is -0.408. The Balaban J connectivity index is 1.90. The molecule has 2 N–H and O–H groups in total. The van der Waals surface area contributed by atoms with Crippen molar-refractivity contribution in [2.75, 3.05) is 26.2 Å². The van der Waals surface area contributed by atoms with Gasteiger partial charge in [-0.2, -0.15) is 10.5 Å². The normalized spacial score (nSPS) is 26.8. The van der Waals surface area contributed by atoms with Gasteiger partial charge in [-0.15, -0.1) is 0 Å². The van der Waals surface area contributed by atoms with Crippen LogP contribution in [0.4, 0.5) is 0 Å². The van der Waals surface area contributed by atoms with Crippen LogP contribution in [0.15, 0.2) is 0 Å². The highest BCUT2D eigenvalue weighted by atomic mass is 16.2. The number of hydrogen-bond acceptors (Lipinski definition) is 5. The fourth-order valence-electron chi connectivity index (χ4n) is 2.46. The van der Waals surface area contributed by atoms with E-state index < -0.39 is 5.54 Å². The van der Waals surface area contributed by atoms with Crippen molar-refractivity contribution in [2.45, 2.75) is 31.3 Å². The van der Waals surface area contributed by atoms with Crippen LogP contribution < -0.4 is 10.6 Å². The first-order valence-corrected chi connectivity index (χ1v) is 6.65. The molecule has 0 radical (unpaired) electrons. The van der Waals surface area contributed by atoms with Crippen molar-refractivity contribution in [3.63, 3.8) is 0 Å². The number of carbonyl (C=O) groups is 1. The summed E-state index contributed by atoms with van der Waals surface area (Å²) in [6.45, 7) is 4.01. The lowest BCUT2D eigenvalue weighted by Gasteiger charge is -2.32. The largest absolute Gasteiger partial charge is 0.337 e. The number of amides is 1. The maximum atomic E-state index is 12.0. The van der Waals surface area contributed by atoms with Crippen LogP contribution >= 0.6 is 0 Å². The summed E-state index contributed by atoms with van der Waals surface area (Å²) in [5.41, 5.74) is -0.757. The van der Waals surface area contributed by atoms with E-state index in [1.165, 1.54) is 0 Å². The van der Waals surface area contributed by atoms with Gasteiger partial charge in [-0.1, -0.05) is 0 Å². The van der Waals surface area contributed by atoms with E-state index in [1.54, 1.807) is 6.92 Å². The molecule has 2 fully saturated rings. The summed E-state index contributed by atoms with van der Waals surface area (Å²) in [7, 11) is 0. The lowest BCUT2D eigenvalue weighted by molar-refractivity contribution is -0.124. The first-order valence-electron chi connectivity index (χ1n) is 6.65. The van der Waals surface area contributed by atoms with Gasteiger partial charge in [-0.3, -0.25) is 9.69 Å². The molecule has 2 unspecified atom stereocenters. The molecule has 0 aromatic rings. The molecule has 1 heterocycles. The first kappa shape index (κ1) is 13.8. The summed E-state index contributed by atoms with van der Waals surface area (Å²) in [6, 6.07) is 4.13. The quantitative estimate of drug-likeness (QED) is 0.718. The maximum Gasteiger partial charge on any atom is 0.235 e. The fourth-order valence-corrected chi connectivity index (χ4v) is 2.46. The van der Waals surface area contributed by atoms with Crippen molar-refractivity contribution in [2.24, 2.45) is 5.92 Å². The van der Waals surface area contributed by atoms with E-state index in [9.17, 15) is 10.1 Å². The molecule has 0 bridgehead atoms. The number of hydrogen-bond donors (Lipinski definition) is 2. The molecule has 0 aromatic heterocycles. The molecule has 1 saturated carbocycles. The highest BCUT2D eigenvalue weighted by Crippen LogP contribution is 2.39. The van der Waals surface area contributed by atoms with E-state index in [1.807, 2.05) is 4.90 Å². The van der Waals surface area contributed by atoms with E-state index in [0.29, 0.717) is 13.1 Å². The molecule has 1 aliphatic carbocycles. The number of rotatable bonds is 4. The highest BCUT2D eigenvalue weighted by molar-refractivity contribution is 5.79. The zero-order chi connectivity index (χ0) is 13.9. The van der Waals surface area contributed by atoms with Gasteiger partial charge >= 0.3 is 0 Å². The monoisotopic (exact) mass is 261 g/mol. The molecule has 2 aliphatic rings. The van der Waals surface area contributed by atoms with Crippen LogP contribution in [-0.4, -0.2) is 48.6 Å². The van der Waals surface area contributed by atoms with E-state index in [2.05, 4.69) is 22.8 Å². The smallest absolute Gasteiger partial charge is 0.235 e. The summed E-state index contributed by atoms with van der Waals surface area (Å²) >= 11 is 0. The number of piperazine rings is 1. The van der Waals surface area contributed by atoms with Gasteiger partial charge in [0, 0.05) is 19.6 Å². The van der Waals surface area contributed by atoms with Gasteiger partial charge in [-0.25, -0.2) is 0 Å². The Morgan fingerprint density at radius 2 is 2.26 bits per heavy atom. The lowest BCUT2D eigenvalue weighted by Crippen LogP contribution is -2.56. The van der Waals surface area contributed by atoms with Crippen LogP contribution in [0.25, 0.3) is 0 Å². The van der Waals surface area contributed by atoms with Crippen molar-refractivity contribution in [3.05, 3.63) is 0 Å². The van der Waals surface area contributed by atoms with Crippen molar-refractivity contribution in [1.29, 1.82) is 10.5 Å². The Morgan fingerprint density at radius 1 is 1.53 bits per heavy atom. The summed E-state index contributed by atoms with van der Waals surface area (Å²) in [5.74, 6) is 0.106. The highest BCUT2D eigenvalue weighted by Gasteiger charge is 2.43. The zero-order valence-electron chi connectivity index (χ0n) is 11.1. The van der Waals surface area contributed by atoms with Gasteiger partial charge in [0.2, 0.25) is 5.91 Å². The second-order valence-corrected chi connectivity index (χ2v) is 5.46. The molecule has 19 heavy (non-hydrogen) atoms. The minimum atomic E-state index is -0.757. The number of carbonyl (C=O) groups excluding carboxylic acids is 1.